The van der Waals surface area contributed by atoms with Crippen LogP contribution in [0.1, 0.15) is 28.8 Å². The van der Waals surface area contributed by atoms with E-state index < -0.39 is 0 Å². The number of thioether (sulfide) groups is 1. The third-order valence-corrected chi connectivity index (χ3v) is 4.19. The van der Waals surface area contributed by atoms with Crippen LogP contribution in [-0.2, 0) is 4.79 Å². The Hall–Kier alpha value is -2.32. The van der Waals surface area contributed by atoms with E-state index in [9.17, 15) is 4.79 Å². The number of nitriles is 1. The van der Waals surface area contributed by atoms with Crippen molar-refractivity contribution in [3.8, 4) is 6.07 Å². The zero-order valence-corrected chi connectivity index (χ0v) is 14.3. The molecule has 2 aromatic rings. The fourth-order valence-corrected chi connectivity index (χ4v) is 3.20. The predicted molar refractivity (Wildman–Crippen MR) is 93.6 cm³/mol. The molecule has 0 radical (unpaired) electrons. The van der Waals surface area contributed by atoms with Gasteiger partial charge in [-0.1, -0.05) is 6.07 Å². The second kappa shape index (κ2) is 7.80. The summed E-state index contributed by atoms with van der Waals surface area (Å²) in [5, 5.41) is 12.7. The monoisotopic (exact) mass is 325 g/mol. The molecule has 0 bridgehead atoms. The molecule has 0 atom stereocenters. The maximum Gasteiger partial charge on any atom is 0.225 e. The Kier molecular flexibility index (Phi) is 5.78. The Balaban J connectivity index is 1.90. The Labute approximate surface area is 140 Å². The molecule has 5 heteroatoms. The summed E-state index contributed by atoms with van der Waals surface area (Å²) in [4.78, 5) is 16.4. The number of carbonyl (C=O) groups excluding carboxylic acids is 1. The number of aromatic nitrogens is 1. The molecule has 118 valence electrons. The highest BCUT2D eigenvalue weighted by molar-refractivity contribution is 7.99. The van der Waals surface area contributed by atoms with Gasteiger partial charge in [0, 0.05) is 23.6 Å². The molecule has 2 rings (SSSR count). The minimum Gasteiger partial charge on any atom is -0.326 e. The summed E-state index contributed by atoms with van der Waals surface area (Å²) >= 11 is 1.44. The number of carbonyl (C=O) groups is 1. The molecule has 23 heavy (non-hydrogen) atoms. The topological polar surface area (TPSA) is 65.8 Å². The fraction of sp³-hybridized carbons (Fsp3) is 0.278. The first-order chi connectivity index (χ1) is 11.0. The molecule has 1 amide bonds. The summed E-state index contributed by atoms with van der Waals surface area (Å²) in [6, 6.07) is 11.7. The highest BCUT2D eigenvalue weighted by Gasteiger charge is 2.08. The molecule has 0 aliphatic rings. The normalized spacial score (nSPS) is 10.2. The van der Waals surface area contributed by atoms with Gasteiger partial charge in [0.1, 0.15) is 11.1 Å². The molecular formula is C18H19N3OS. The zero-order chi connectivity index (χ0) is 16.8. The van der Waals surface area contributed by atoms with E-state index in [0.29, 0.717) is 22.8 Å². The molecule has 0 aliphatic carbocycles. The highest BCUT2D eigenvalue weighted by atomic mass is 32.2. The number of pyridine rings is 1. The van der Waals surface area contributed by atoms with Crippen LogP contribution in [0.25, 0.3) is 0 Å². The van der Waals surface area contributed by atoms with Crippen molar-refractivity contribution in [3.63, 3.8) is 0 Å². The molecule has 1 aromatic carbocycles. The summed E-state index contributed by atoms with van der Waals surface area (Å²) in [6.07, 6.45) is 0.373. The third kappa shape index (κ3) is 5.11. The van der Waals surface area contributed by atoms with Gasteiger partial charge in [-0.05, 0) is 56.2 Å². The van der Waals surface area contributed by atoms with Crippen molar-refractivity contribution >= 4 is 23.4 Å². The van der Waals surface area contributed by atoms with Gasteiger partial charge in [-0.15, -0.1) is 11.8 Å². The van der Waals surface area contributed by atoms with Crippen molar-refractivity contribution in [2.75, 3.05) is 11.1 Å². The summed E-state index contributed by atoms with van der Waals surface area (Å²) in [5.74, 6) is 0.551. The van der Waals surface area contributed by atoms with Crippen LogP contribution in [0.2, 0.25) is 0 Å². The zero-order valence-electron chi connectivity index (χ0n) is 13.5. The molecule has 1 aromatic heterocycles. The maximum atomic E-state index is 12.0. The van der Waals surface area contributed by atoms with E-state index in [-0.39, 0.29) is 5.91 Å². The number of rotatable bonds is 5. The number of anilines is 1. The molecule has 1 N–H and O–H groups in total. The number of nitrogens with zero attached hydrogens (tertiary/aromatic N) is 2. The smallest absolute Gasteiger partial charge is 0.225 e. The second-order valence-electron chi connectivity index (χ2n) is 5.44. The SMILES string of the molecule is Cc1cc(C)cc(NC(=O)CCSc2nc(C)ccc2C#N)c1. The minimum atomic E-state index is -0.0336. The summed E-state index contributed by atoms with van der Waals surface area (Å²) in [5.41, 5.74) is 4.49. The van der Waals surface area contributed by atoms with Crippen LogP contribution in [0.3, 0.4) is 0 Å². The van der Waals surface area contributed by atoms with Crippen molar-refractivity contribution in [1.82, 2.24) is 4.98 Å². The van der Waals surface area contributed by atoms with Crippen LogP contribution in [0.5, 0.6) is 0 Å². The van der Waals surface area contributed by atoms with Gasteiger partial charge in [-0.25, -0.2) is 4.98 Å². The molecule has 4 nitrogen and oxygen atoms in total. The fourth-order valence-electron chi connectivity index (χ4n) is 2.24. The van der Waals surface area contributed by atoms with Crippen LogP contribution < -0.4 is 5.32 Å². The standard InChI is InChI=1S/C18H19N3OS/c1-12-8-13(2)10-16(9-12)21-17(22)6-7-23-18-15(11-19)5-4-14(3)20-18/h4-5,8-10H,6-7H2,1-3H3,(H,21,22). The van der Waals surface area contributed by atoms with Crippen molar-refractivity contribution < 1.29 is 4.79 Å². The van der Waals surface area contributed by atoms with Crippen LogP contribution in [0.4, 0.5) is 5.69 Å². The Morgan fingerprint density at radius 1 is 1.22 bits per heavy atom. The summed E-state index contributed by atoms with van der Waals surface area (Å²) in [7, 11) is 0. The van der Waals surface area contributed by atoms with Crippen LogP contribution in [0, 0.1) is 32.1 Å². The van der Waals surface area contributed by atoms with E-state index in [0.717, 1.165) is 22.5 Å². The molecule has 0 fully saturated rings. The number of amides is 1. The van der Waals surface area contributed by atoms with E-state index in [1.54, 1.807) is 6.07 Å². The number of nitrogens with one attached hydrogen (secondary N) is 1. The van der Waals surface area contributed by atoms with Gasteiger partial charge in [0.15, 0.2) is 0 Å². The van der Waals surface area contributed by atoms with Gasteiger partial charge < -0.3 is 5.32 Å². The van der Waals surface area contributed by atoms with Crippen molar-refractivity contribution in [3.05, 3.63) is 52.7 Å². The molecule has 0 unspecified atom stereocenters. The van der Waals surface area contributed by atoms with Crippen LogP contribution in [0.15, 0.2) is 35.4 Å². The second-order valence-corrected chi connectivity index (χ2v) is 6.52. The van der Waals surface area contributed by atoms with Gasteiger partial charge >= 0.3 is 0 Å². The minimum absolute atomic E-state index is 0.0336. The van der Waals surface area contributed by atoms with E-state index in [1.165, 1.54) is 11.8 Å². The van der Waals surface area contributed by atoms with Gasteiger partial charge in [0.05, 0.1) is 5.56 Å². The third-order valence-electron chi connectivity index (χ3n) is 3.19. The number of hydrogen-bond donors (Lipinski definition) is 1. The number of hydrogen-bond acceptors (Lipinski definition) is 4. The first-order valence-corrected chi connectivity index (χ1v) is 8.35. The van der Waals surface area contributed by atoms with Gasteiger partial charge in [-0.3, -0.25) is 4.79 Å². The van der Waals surface area contributed by atoms with Crippen molar-refractivity contribution in [2.24, 2.45) is 0 Å². The lowest BCUT2D eigenvalue weighted by Gasteiger charge is -2.08. The Morgan fingerprint density at radius 2 is 1.91 bits per heavy atom. The first kappa shape index (κ1) is 17.0. The first-order valence-electron chi connectivity index (χ1n) is 7.36. The lowest BCUT2D eigenvalue weighted by atomic mass is 10.1. The Morgan fingerprint density at radius 3 is 2.57 bits per heavy atom. The molecule has 0 spiro atoms. The van der Waals surface area contributed by atoms with E-state index in [1.807, 2.05) is 39.0 Å². The summed E-state index contributed by atoms with van der Waals surface area (Å²) < 4.78 is 0. The number of aryl methyl sites for hydroxylation is 3. The molecule has 0 saturated carbocycles. The van der Waals surface area contributed by atoms with E-state index in [4.69, 9.17) is 5.26 Å². The molecule has 1 heterocycles. The van der Waals surface area contributed by atoms with Gasteiger partial charge in [0.25, 0.3) is 0 Å². The lowest BCUT2D eigenvalue weighted by molar-refractivity contribution is -0.115. The quantitative estimate of drug-likeness (QED) is 0.844. The molecule has 0 saturated heterocycles. The largest absolute Gasteiger partial charge is 0.326 e. The lowest BCUT2D eigenvalue weighted by Crippen LogP contribution is -2.12. The Bertz CT molecular complexity index is 745. The van der Waals surface area contributed by atoms with Gasteiger partial charge in [0.2, 0.25) is 5.91 Å². The van der Waals surface area contributed by atoms with Crippen molar-refractivity contribution in [1.29, 1.82) is 5.26 Å². The average molecular weight is 325 g/mol. The molecular weight excluding hydrogens is 306 g/mol. The van der Waals surface area contributed by atoms with E-state index >= 15 is 0 Å². The number of benzene rings is 1. The maximum absolute atomic E-state index is 12.0. The van der Waals surface area contributed by atoms with Crippen LogP contribution in [-0.4, -0.2) is 16.6 Å². The molecule has 0 aliphatic heterocycles. The highest BCUT2D eigenvalue weighted by Crippen LogP contribution is 2.21. The van der Waals surface area contributed by atoms with Crippen LogP contribution >= 0.6 is 11.8 Å². The predicted octanol–water partition coefficient (Wildman–Crippen LogP) is 4.00. The van der Waals surface area contributed by atoms with Gasteiger partial charge in [-0.2, -0.15) is 5.26 Å². The average Bonchev–Trinajstić information content (AvgIpc) is 2.46. The summed E-state index contributed by atoms with van der Waals surface area (Å²) in [6.45, 7) is 5.90. The van der Waals surface area contributed by atoms with E-state index in [2.05, 4.69) is 22.4 Å². The van der Waals surface area contributed by atoms with Crippen molar-refractivity contribution in [2.45, 2.75) is 32.2 Å².